The Hall–Kier alpha value is -3.35. The van der Waals surface area contributed by atoms with Crippen molar-refractivity contribution in [1.29, 1.82) is 0 Å². The second kappa shape index (κ2) is 10.3. The van der Waals surface area contributed by atoms with Gasteiger partial charge in [-0.15, -0.1) is 0 Å². The molecular weight excluding hydrogens is 370 g/mol. The average molecular weight is 397 g/mol. The van der Waals surface area contributed by atoms with Crippen molar-refractivity contribution < 1.29 is 19.1 Å². The van der Waals surface area contributed by atoms with Crippen LogP contribution in [-0.4, -0.2) is 23.8 Å². The van der Waals surface area contributed by atoms with Gasteiger partial charge in [-0.25, -0.2) is 0 Å². The first-order chi connectivity index (χ1) is 13.8. The average Bonchev–Trinajstić information content (AvgIpc) is 2.69. The molecule has 1 atom stereocenters. The number of benzene rings is 2. The van der Waals surface area contributed by atoms with Gasteiger partial charge in [0, 0.05) is 17.7 Å². The van der Waals surface area contributed by atoms with E-state index in [1.807, 2.05) is 39.0 Å². The number of amides is 3. The monoisotopic (exact) mass is 397 g/mol. The molecule has 2 aromatic rings. The molecule has 0 saturated carbocycles. The van der Waals surface area contributed by atoms with Gasteiger partial charge in [0.25, 0.3) is 11.8 Å². The molecule has 0 radical (unpaired) electrons. The van der Waals surface area contributed by atoms with Crippen molar-refractivity contribution in [2.24, 2.45) is 0 Å². The first kappa shape index (κ1) is 21.9. The van der Waals surface area contributed by atoms with E-state index in [4.69, 9.17) is 4.74 Å². The van der Waals surface area contributed by atoms with Crippen LogP contribution in [0.4, 0.5) is 5.69 Å². The lowest BCUT2D eigenvalue weighted by Crippen LogP contribution is -2.47. The van der Waals surface area contributed by atoms with Crippen LogP contribution >= 0.6 is 0 Å². The molecule has 2 rings (SSSR count). The Morgan fingerprint density at radius 1 is 1.00 bits per heavy atom. The quantitative estimate of drug-likeness (QED) is 0.625. The molecule has 0 fully saturated rings. The zero-order valence-corrected chi connectivity index (χ0v) is 17.2. The summed E-state index contributed by atoms with van der Waals surface area (Å²) in [5.41, 5.74) is 7.64. The molecule has 0 aliphatic heterocycles. The van der Waals surface area contributed by atoms with Crippen molar-refractivity contribution in [2.45, 2.75) is 46.6 Å². The molecular formula is C22H27N3O4. The van der Waals surface area contributed by atoms with Crippen molar-refractivity contribution in [1.82, 2.24) is 10.9 Å². The molecule has 0 aliphatic rings. The largest absolute Gasteiger partial charge is 0.481 e. The topological polar surface area (TPSA) is 96.5 Å². The van der Waals surface area contributed by atoms with Crippen LogP contribution in [0, 0.1) is 13.8 Å². The molecule has 0 aromatic heterocycles. The van der Waals surface area contributed by atoms with Gasteiger partial charge in [-0.3, -0.25) is 25.2 Å². The summed E-state index contributed by atoms with van der Waals surface area (Å²) in [6.07, 6.45) is 0.417. The van der Waals surface area contributed by atoms with E-state index in [0.717, 1.165) is 17.5 Å². The molecule has 1 unspecified atom stereocenters. The van der Waals surface area contributed by atoms with Crippen molar-refractivity contribution in [3.05, 3.63) is 59.2 Å². The minimum absolute atomic E-state index is 0.0743. The summed E-state index contributed by atoms with van der Waals surface area (Å²) in [7, 11) is 0. The number of rotatable bonds is 7. The number of aryl methyl sites for hydroxylation is 2. The van der Waals surface area contributed by atoms with Gasteiger partial charge in [-0.1, -0.05) is 19.1 Å². The molecule has 7 heteroatoms. The second-order valence-electron chi connectivity index (χ2n) is 6.85. The SMILES string of the molecule is CCCC(=O)Nc1ccc(C(=O)NNC(=O)C(C)Oc2cc(C)ccc2C)cc1. The molecule has 0 bridgehead atoms. The lowest BCUT2D eigenvalue weighted by atomic mass is 10.1. The molecule has 7 nitrogen and oxygen atoms in total. The Kier molecular flexibility index (Phi) is 7.77. The highest BCUT2D eigenvalue weighted by Gasteiger charge is 2.17. The van der Waals surface area contributed by atoms with Gasteiger partial charge < -0.3 is 10.1 Å². The summed E-state index contributed by atoms with van der Waals surface area (Å²) in [6, 6.07) is 12.2. The smallest absolute Gasteiger partial charge is 0.279 e. The van der Waals surface area contributed by atoms with Gasteiger partial charge in [0.2, 0.25) is 5.91 Å². The van der Waals surface area contributed by atoms with Gasteiger partial charge in [0.15, 0.2) is 6.10 Å². The maximum Gasteiger partial charge on any atom is 0.279 e. The normalized spacial score (nSPS) is 11.3. The van der Waals surface area contributed by atoms with Gasteiger partial charge in [0.1, 0.15) is 5.75 Å². The lowest BCUT2D eigenvalue weighted by molar-refractivity contribution is -0.128. The Morgan fingerprint density at radius 2 is 1.69 bits per heavy atom. The van der Waals surface area contributed by atoms with Crippen molar-refractivity contribution in [3.63, 3.8) is 0 Å². The third-order valence-electron chi connectivity index (χ3n) is 4.22. The minimum Gasteiger partial charge on any atom is -0.481 e. The van der Waals surface area contributed by atoms with E-state index in [2.05, 4.69) is 16.2 Å². The molecule has 29 heavy (non-hydrogen) atoms. The zero-order chi connectivity index (χ0) is 21.4. The molecule has 2 aromatic carbocycles. The van der Waals surface area contributed by atoms with E-state index in [-0.39, 0.29) is 5.91 Å². The van der Waals surface area contributed by atoms with Crippen LogP contribution in [0.15, 0.2) is 42.5 Å². The Bertz CT molecular complexity index is 878. The Labute approximate surface area is 170 Å². The lowest BCUT2D eigenvalue weighted by Gasteiger charge is -2.17. The number of ether oxygens (including phenoxy) is 1. The number of hydrazine groups is 1. The van der Waals surface area contributed by atoms with Crippen LogP contribution < -0.4 is 20.9 Å². The number of carbonyl (C=O) groups excluding carboxylic acids is 3. The summed E-state index contributed by atoms with van der Waals surface area (Å²) in [4.78, 5) is 36.0. The first-order valence-corrected chi connectivity index (χ1v) is 9.54. The van der Waals surface area contributed by atoms with E-state index in [0.29, 0.717) is 23.4 Å². The molecule has 0 saturated heterocycles. The van der Waals surface area contributed by atoms with Crippen LogP contribution in [-0.2, 0) is 9.59 Å². The summed E-state index contributed by atoms with van der Waals surface area (Å²) < 4.78 is 5.69. The van der Waals surface area contributed by atoms with E-state index in [1.165, 1.54) is 0 Å². The molecule has 3 N–H and O–H groups in total. The highest BCUT2D eigenvalue weighted by molar-refractivity contribution is 5.97. The molecule has 154 valence electrons. The van der Waals surface area contributed by atoms with E-state index >= 15 is 0 Å². The summed E-state index contributed by atoms with van der Waals surface area (Å²) in [5, 5.41) is 2.75. The van der Waals surface area contributed by atoms with Crippen LogP contribution in [0.3, 0.4) is 0 Å². The molecule has 0 aliphatic carbocycles. The fourth-order valence-corrected chi connectivity index (χ4v) is 2.53. The fraction of sp³-hybridized carbons (Fsp3) is 0.318. The van der Waals surface area contributed by atoms with Crippen LogP contribution in [0.25, 0.3) is 0 Å². The molecule has 0 spiro atoms. The summed E-state index contributed by atoms with van der Waals surface area (Å²) in [6.45, 7) is 7.37. The number of hydrogen-bond acceptors (Lipinski definition) is 4. The zero-order valence-electron chi connectivity index (χ0n) is 17.2. The highest BCUT2D eigenvalue weighted by Crippen LogP contribution is 2.20. The van der Waals surface area contributed by atoms with E-state index < -0.39 is 17.9 Å². The van der Waals surface area contributed by atoms with E-state index in [9.17, 15) is 14.4 Å². The standard InChI is InChI=1S/C22H27N3O4/c1-5-6-20(26)23-18-11-9-17(10-12-18)22(28)25-24-21(27)16(4)29-19-13-14(2)7-8-15(19)3/h7-13,16H,5-6H2,1-4H3,(H,23,26)(H,24,27)(H,25,28). The summed E-state index contributed by atoms with van der Waals surface area (Å²) in [5.74, 6) is -0.388. The molecule has 3 amide bonds. The number of anilines is 1. The first-order valence-electron chi connectivity index (χ1n) is 9.54. The fourth-order valence-electron chi connectivity index (χ4n) is 2.53. The molecule has 0 heterocycles. The van der Waals surface area contributed by atoms with Crippen LogP contribution in [0.1, 0.15) is 48.2 Å². The van der Waals surface area contributed by atoms with Gasteiger partial charge in [0.05, 0.1) is 0 Å². The number of hydrogen-bond donors (Lipinski definition) is 3. The van der Waals surface area contributed by atoms with Gasteiger partial charge in [-0.05, 0) is 68.7 Å². The van der Waals surface area contributed by atoms with Gasteiger partial charge >= 0.3 is 0 Å². The van der Waals surface area contributed by atoms with Crippen molar-refractivity contribution in [2.75, 3.05) is 5.32 Å². The van der Waals surface area contributed by atoms with Crippen LogP contribution in [0.2, 0.25) is 0 Å². The predicted molar refractivity (Wildman–Crippen MR) is 112 cm³/mol. The van der Waals surface area contributed by atoms with Gasteiger partial charge in [-0.2, -0.15) is 0 Å². The Morgan fingerprint density at radius 3 is 2.34 bits per heavy atom. The van der Waals surface area contributed by atoms with Crippen molar-refractivity contribution in [3.8, 4) is 5.75 Å². The Balaban J connectivity index is 1.86. The highest BCUT2D eigenvalue weighted by atomic mass is 16.5. The van der Waals surface area contributed by atoms with Crippen LogP contribution in [0.5, 0.6) is 5.75 Å². The maximum atomic E-state index is 12.2. The van der Waals surface area contributed by atoms with Crippen molar-refractivity contribution >= 4 is 23.4 Å². The predicted octanol–water partition coefficient (Wildman–Crippen LogP) is 3.27. The summed E-state index contributed by atoms with van der Waals surface area (Å²) >= 11 is 0. The third kappa shape index (κ3) is 6.64. The van der Waals surface area contributed by atoms with E-state index in [1.54, 1.807) is 31.2 Å². The second-order valence-corrected chi connectivity index (χ2v) is 6.85. The number of carbonyl (C=O) groups is 3. The maximum absolute atomic E-state index is 12.2. The minimum atomic E-state index is -0.785. The number of nitrogens with one attached hydrogen (secondary N) is 3. The third-order valence-corrected chi connectivity index (χ3v) is 4.22.